The summed E-state index contributed by atoms with van der Waals surface area (Å²) in [4.78, 5) is 0. The van der Waals surface area contributed by atoms with Crippen LogP contribution in [-0.4, -0.2) is 27.4 Å². The molecule has 0 saturated carbocycles. The fourth-order valence-electron chi connectivity index (χ4n) is 3.52. The molecular formula is C25H37NO3. The minimum atomic E-state index is 0.227. The molecule has 4 nitrogen and oxygen atoms in total. The molecule has 29 heavy (non-hydrogen) atoms. The summed E-state index contributed by atoms with van der Waals surface area (Å²) in [5.41, 5.74) is 8.49. The average molecular weight is 400 g/mol. The lowest BCUT2D eigenvalue weighted by Gasteiger charge is -2.18. The summed E-state index contributed by atoms with van der Waals surface area (Å²) in [6, 6.07) is 14.4. The van der Waals surface area contributed by atoms with E-state index in [1.54, 1.807) is 14.2 Å². The highest BCUT2D eigenvalue weighted by molar-refractivity contribution is 5.44. The number of benzene rings is 2. The monoisotopic (exact) mass is 399 g/mol. The van der Waals surface area contributed by atoms with E-state index >= 15 is 0 Å². The maximum atomic E-state index is 6.07. The molecule has 0 radical (unpaired) electrons. The molecule has 4 heteroatoms. The topological polar surface area (TPSA) is 53.7 Å². The van der Waals surface area contributed by atoms with E-state index in [1.807, 2.05) is 12.1 Å². The van der Waals surface area contributed by atoms with E-state index in [0.717, 1.165) is 42.3 Å². The third kappa shape index (κ3) is 7.62. The molecule has 0 saturated heterocycles. The van der Waals surface area contributed by atoms with Gasteiger partial charge in [0.25, 0.3) is 0 Å². The van der Waals surface area contributed by atoms with Gasteiger partial charge in [0, 0.05) is 5.92 Å². The van der Waals surface area contributed by atoms with Crippen molar-refractivity contribution >= 4 is 0 Å². The Kier molecular flexibility index (Phi) is 10.4. The van der Waals surface area contributed by atoms with Crippen LogP contribution in [0.5, 0.6) is 17.2 Å². The van der Waals surface area contributed by atoms with E-state index in [0.29, 0.717) is 6.54 Å². The highest BCUT2D eigenvalue weighted by Gasteiger charge is 2.14. The van der Waals surface area contributed by atoms with Gasteiger partial charge in [0.1, 0.15) is 5.75 Å². The smallest absolute Gasteiger partial charge is 0.160 e. The lowest BCUT2D eigenvalue weighted by molar-refractivity contribution is 0.304. The molecule has 0 amide bonds. The van der Waals surface area contributed by atoms with Gasteiger partial charge >= 0.3 is 0 Å². The molecule has 1 unspecified atom stereocenters. The number of methoxy groups -OCH3 is 2. The quantitative estimate of drug-likeness (QED) is 0.412. The van der Waals surface area contributed by atoms with Crippen LogP contribution in [0.25, 0.3) is 0 Å². The summed E-state index contributed by atoms with van der Waals surface area (Å²) in [6.45, 7) is 3.62. The Labute approximate surface area is 176 Å². The molecule has 2 aromatic rings. The third-order valence-corrected chi connectivity index (χ3v) is 5.34. The first-order valence-electron chi connectivity index (χ1n) is 10.9. The van der Waals surface area contributed by atoms with Crippen LogP contribution in [0.15, 0.2) is 42.5 Å². The maximum absolute atomic E-state index is 6.07. The molecule has 0 spiro atoms. The largest absolute Gasteiger partial charge is 0.494 e. The van der Waals surface area contributed by atoms with Gasteiger partial charge in [-0.05, 0) is 54.8 Å². The number of ether oxygens (including phenoxy) is 3. The molecule has 2 rings (SSSR count). The van der Waals surface area contributed by atoms with Crippen molar-refractivity contribution in [1.82, 2.24) is 0 Å². The van der Waals surface area contributed by atoms with Crippen LogP contribution in [0.3, 0.4) is 0 Å². The second-order valence-corrected chi connectivity index (χ2v) is 7.51. The van der Waals surface area contributed by atoms with Crippen LogP contribution < -0.4 is 19.9 Å². The van der Waals surface area contributed by atoms with Crippen molar-refractivity contribution in [1.29, 1.82) is 0 Å². The van der Waals surface area contributed by atoms with E-state index in [4.69, 9.17) is 19.9 Å². The Morgan fingerprint density at radius 1 is 0.828 bits per heavy atom. The second-order valence-electron chi connectivity index (χ2n) is 7.51. The molecule has 1 atom stereocenters. The lowest BCUT2D eigenvalue weighted by atomic mass is 9.92. The van der Waals surface area contributed by atoms with E-state index in [2.05, 4.69) is 37.3 Å². The number of hydrogen-bond donors (Lipinski definition) is 1. The first-order chi connectivity index (χ1) is 14.2. The second kappa shape index (κ2) is 13.1. The van der Waals surface area contributed by atoms with Crippen molar-refractivity contribution in [2.24, 2.45) is 5.73 Å². The maximum Gasteiger partial charge on any atom is 0.160 e. The Balaban J connectivity index is 1.86. The molecule has 0 bridgehead atoms. The first-order valence-corrected chi connectivity index (χ1v) is 10.9. The van der Waals surface area contributed by atoms with Crippen LogP contribution >= 0.6 is 0 Å². The normalized spacial score (nSPS) is 11.9. The average Bonchev–Trinajstić information content (AvgIpc) is 2.77. The highest BCUT2D eigenvalue weighted by atomic mass is 16.5. The van der Waals surface area contributed by atoms with Gasteiger partial charge in [-0.25, -0.2) is 0 Å². The Hall–Kier alpha value is -2.20. The van der Waals surface area contributed by atoms with E-state index < -0.39 is 0 Å². The highest BCUT2D eigenvalue weighted by Crippen LogP contribution is 2.31. The fourth-order valence-corrected chi connectivity index (χ4v) is 3.52. The predicted molar refractivity (Wildman–Crippen MR) is 120 cm³/mol. The third-order valence-electron chi connectivity index (χ3n) is 5.34. The summed E-state index contributed by atoms with van der Waals surface area (Å²) in [6.07, 6.45) is 8.54. The van der Waals surface area contributed by atoms with Gasteiger partial charge in [0.05, 0.1) is 20.8 Å². The minimum Gasteiger partial charge on any atom is -0.494 e. The summed E-state index contributed by atoms with van der Waals surface area (Å²) >= 11 is 0. The van der Waals surface area contributed by atoms with E-state index in [-0.39, 0.29) is 5.92 Å². The van der Waals surface area contributed by atoms with Gasteiger partial charge in [-0.2, -0.15) is 0 Å². The van der Waals surface area contributed by atoms with E-state index in [9.17, 15) is 0 Å². The van der Waals surface area contributed by atoms with Crippen molar-refractivity contribution in [2.75, 3.05) is 27.4 Å². The van der Waals surface area contributed by atoms with Crippen LogP contribution in [0.2, 0.25) is 0 Å². The number of nitrogens with two attached hydrogens (primary N) is 1. The van der Waals surface area contributed by atoms with Gasteiger partial charge < -0.3 is 19.9 Å². The summed E-state index contributed by atoms with van der Waals surface area (Å²) in [5.74, 6) is 2.64. The van der Waals surface area contributed by atoms with Crippen LogP contribution in [0.1, 0.15) is 62.5 Å². The zero-order chi connectivity index (χ0) is 20.9. The number of hydrogen-bond acceptors (Lipinski definition) is 4. The van der Waals surface area contributed by atoms with Gasteiger partial charge in [-0.1, -0.05) is 57.2 Å². The Bertz CT molecular complexity index is 700. The fraction of sp³-hybridized carbons (Fsp3) is 0.520. The van der Waals surface area contributed by atoms with Crippen molar-refractivity contribution < 1.29 is 14.2 Å². The molecular weight excluding hydrogens is 362 g/mol. The molecule has 0 aliphatic heterocycles. The zero-order valence-corrected chi connectivity index (χ0v) is 18.3. The summed E-state index contributed by atoms with van der Waals surface area (Å²) in [7, 11) is 3.30. The van der Waals surface area contributed by atoms with Crippen LogP contribution in [0, 0.1) is 0 Å². The van der Waals surface area contributed by atoms with Crippen molar-refractivity contribution in [3.63, 3.8) is 0 Å². The first kappa shape index (κ1) is 23.1. The molecule has 0 heterocycles. The number of unbranched alkanes of at least 4 members (excludes halogenated alkanes) is 5. The predicted octanol–water partition coefficient (Wildman–Crippen LogP) is 5.73. The zero-order valence-electron chi connectivity index (χ0n) is 18.3. The molecule has 2 aromatic carbocycles. The summed E-state index contributed by atoms with van der Waals surface area (Å²) < 4.78 is 16.6. The summed E-state index contributed by atoms with van der Waals surface area (Å²) in [5, 5.41) is 0. The minimum absolute atomic E-state index is 0.227. The van der Waals surface area contributed by atoms with Crippen LogP contribution in [0.4, 0.5) is 0 Å². The molecule has 0 fully saturated rings. The Morgan fingerprint density at radius 3 is 2.17 bits per heavy atom. The lowest BCUT2D eigenvalue weighted by Crippen LogP contribution is -2.15. The molecule has 0 aliphatic rings. The molecule has 160 valence electrons. The van der Waals surface area contributed by atoms with Crippen molar-refractivity contribution in [3.8, 4) is 17.2 Å². The van der Waals surface area contributed by atoms with E-state index in [1.165, 1.54) is 37.7 Å². The molecule has 2 N–H and O–H groups in total. The van der Waals surface area contributed by atoms with Gasteiger partial charge in [-0.15, -0.1) is 0 Å². The van der Waals surface area contributed by atoms with Gasteiger partial charge in [0.2, 0.25) is 0 Å². The molecule has 0 aromatic heterocycles. The van der Waals surface area contributed by atoms with Crippen LogP contribution in [-0.2, 0) is 6.42 Å². The standard InChI is InChI=1S/C25H37NO3/c1-4-5-6-7-8-9-16-29-23-13-10-20(11-14-23)17-22(19-26)21-12-15-24(27-2)25(18-21)28-3/h10-15,18,22H,4-9,16-17,19,26H2,1-3H3. The number of rotatable bonds is 14. The Morgan fingerprint density at radius 2 is 1.52 bits per heavy atom. The van der Waals surface area contributed by atoms with Gasteiger partial charge in [0.15, 0.2) is 11.5 Å². The SMILES string of the molecule is CCCCCCCCOc1ccc(CC(CN)c2ccc(OC)c(OC)c2)cc1. The molecule has 0 aliphatic carbocycles. The van der Waals surface area contributed by atoms with Crippen molar-refractivity contribution in [3.05, 3.63) is 53.6 Å². The van der Waals surface area contributed by atoms with Gasteiger partial charge in [-0.3, -0.25) is 0 Å². The van der Waals surface area contributed by atoms with Crippen molar-refractivity contribution in [2.45, 2.75) is 57.8 Å².